The molecule has 0 atom stereocenters. The summed E-state index contributed by atoms with van der Waals surface area (Å²) in [6.45, 7) is 2.02. The Kier molecular flexibility index (Phi) is 2.80. The molecule has 3 heteroatoms. The fourth-order valence-corrected chi connectivity index (χ4v) is 1.03. The molecule has 1 N–H and O–H groups in total. The smallest absolute Gasteiger partial charge is 0.0883 e. The van der Waals surface area contributed by atoms with Gasteiger partial charge in [0, 0.05) is 19.8 Å². The number of nitrogens with one attached hydrogen (secondary N) is 1. The van der Waals surface area contributed by atoms with Crippen LogP contribution in [0.5, 0.6) is 0 Å². The van der Waals surface area contributed by atoms with Gasteiger partial charge in [0.15, 0.2) is 0 Å². The molecule has 0 spiro atoms. The molecule has 0 heterocycles. The number of azo groups is 1. The summed E-state index contributed by atoms with van der Waals surface area (Å²) in [6, 6.07) is 5.98. The first-order chi connectivity index (χ1) is 5.77. The zero-order chi connectivity index (χ0) is 8.97. The van der Waals surface area contributed by atoms with E-state index in [4.69, 9.17) is 0 Å². The third kappa shape index (κ3) is 1.81. The minimum absolute atomic E-state index is 0.927. The highest BCUT2D eigenvalue weighted by molar-refractivity contribution is 5.55. The Morgan fingerprint density at radius 1 is 1.33 bits per heavy atom. The molecule has 0 radical (unpaired) electrons. The summed E-state index contributed by atoms with van der Waals surface area (Å²) in [5.74, 6) is 0. The van der Waals surface area contributed by atoms with Crippen LogP contribution in [-0.4, -0.2) is 14.1 Å². The number of hydrogen-bond acceptors (Lipinski definition) is 3. The highest BCUT2D eigenvalue weighted by Gasteiger charge is 1.96. The Morgan fingerprint density at radius 3 is 2.58 bits per heavy atom. The third-order valence-electron chi connectivity index (χ3n) is 1.69. The standard InChI is InChI=1S/C9H13N3/c1-7-6-8(10-2)4-5-9(7)12-11-3/h4-6,10H,1-3H3. The van der Waals surface area contributed by atoms with Gasteiger partial charge in [-0.2, -0.15) is 10.2 Å². The normalized spacial score (nSPS) is 10.6. The minimum Gasteiger partial charge on any atom is -0.388 e. The van der Waals surface area contributed by atoms with Crippen molar-refractivity contribution in [3.8, 4) is 0 Å². The van der Waals surface area contributed by atoms with Gasteiger partial charge >= 0.3 is 0 Å². The zero-order valence-corrected chi connectivity index (χ0v) is 7.63. The molecule has 0 unspecified atom stereocenters. The molecule has 1 aromatic rings. The van der Waals surface area contributed by atoms with E-state index in [1.165, 1.54) is 0 Å². The van der Waals surface area contributed by atoms with Gasteiger partial charge in [-0.25, -0.2) is 0 Å². The van der Waals surface area contributed by atoms with Gasteiger partial charge in [0.05, 0.1) is 5.69 Å². The summed E-state index contributed by atoms with van der Waals surface area (Å²) in [5.41, 5.74) is 3.16. The molecule has 0 fully saturated rings. The van der Waals surface area contributed by atoms with E-state index in [1.54, 1.807) is 7.05 Å². The number of nitrogens with zero attached hydrogens (tertiary/aromatic N) is 2. The topological polar surface area (TPSA) is 36.8 Å². The summed E-state index contributed by atoms with van der Waals surface area (Å²) in [6.07, 6.45) is 0. The van der Waals surface area contributed by atoms with Crippen molar-refractivity contribution in [1.29, 1.82) is 0 Å². The lowest BCUT2D eigenvalue weighted by atomic mass is 10.2. The van der Waals surface area contributed by atoms with Crippen molar-refractivity contribution in [2.45, 2.75) is 6.92 Å². The fourth-order valence-electron chi connectivity index (χ4n) is 1.03. The molecule has 0 bridgehead atoms. The minimum atomic E-state index is 0.927. The molecular formula is C9H13N3. The molecule has 1 aromatic carbocycles. The lowest BCUT2D eigenvalue weighted by molar-refractivity contribution is 1.15. The molecule has 0 aromatic heterocycles. The van der Waals surface area contributed by atoms with Gasteiger partial charge in [-0.3, -0.25) is 0 Å². The van der Waals surface area contributed by atoms with E-state index in [2.05, 4.69) is 15.5 Å². The van der Waals surface area contributed by atoms with E-state index in [0.29, 0.717) is 0 Å². The van der Waals surface area contributed by atoms with Crippen LogP contribution in [0.15, 0.2) is 28.4 Å². The Hall–Kier alpha value is -1.38. The van der Waals surface area contributed by atoms with Gasteiger partial charge in [-0.1, -0.05) is 0 Å². The molecular weight excluding hydrogens is 150 g/mol. The Morgan fingerprint density at radius 2 is 2.08 bits per heavy atom. The van der Waals surface area contributed by atoms with Gasteiger partial charge < -0.3 is 5.32 Å². The lowest BCUT2D eigenvalue weighted by Gasteiger charge is -2.02. The Balaban J connectivity index is 3.03. The second-order valence-electron chi connectivity index (χ2n) is 2.55. The zero-order valence-electron chi connectivity index (χ0n) is 7.63. The summed E-state index contributed by atoms with van der Waals surface area (Å²) in [7, 11) is 3.57. The second-order valence-corrected chi connectivity index (χ2v) is 2.55. The lowest BCUT2D eigenvalue weighted by Crippen LogP contribution is -1.87. The predicted molar refractivity (Wildman–Crippen MR) is 51.2 cm³/mol. The van der Waals surface area contributed by atoms with Crippen molar-refractivity contribution in [3.63, 3.8) is 0 Å². The molecule has 0 saturated carbocycles. The van der Waals surface area contributed by atoms with Gasteiger partial charge in [0.2, 0.25) is 0 Å². The number of benzene rings is 1. The van der Waals surface area contributed by atoms with E-state index in [-0.39, 0.29) is 0 Å². The van der Waals surface area contributed by atoms with Crippen LogP contribution in [0.1, 0.15) is 5.56 Å². The van der Waals surface area contributed by atoms with Crippen LogP contribution in [0, 0.1) is 6.92 Å². The van der Waals surface area contributed by atoms with Crippen molar-refractivity contribution in [2.24, 2.45) is 10.2 Å². The summed E-state index contributed by atoms with van der Waals surface area (Å²) >= 11 is 0. The fraction of sp³-hybridized carbons (Fsp3) is 0.333. The maximum Gasteiger partial charge on any atom is 0.0883 e. The maximum absolute atomic E-state index is 3.98. The van der Waals surface area contributed by atoms with Gasteiger partial charge in [0.25, 0.3) is 0 Å². The number of anilines is 1. The average Bonchev–Trinajstić information content (AvgIpc) is 2.09. The summed E-state index contributed by atoms with van der Waals surface area (Å²) in [4.78, 5) is 0. The summed E-state index contributed by atoms with van der Waals surface area (Å²) < 4.78 is 0. The van der Waals surface area contributed by atoms with Crippen LogP contribution >= 0.6 is 0 Å². The predicted octanol–water partition coefficient (Wildman–Crippen LogP) is 2.75. The molecule has 12 heavy (non-hydrogen) atoms. The van der Waals surface area contributed by atoms with E-state index < -0.39 is 0 Å². The van der Waals surface area contributed by atoms with Crippen LogP contribution in [0.2, 0.25) is 0 Å². The molecule has 64 valence electrons. The molecule has 3 nitrogen and oxygen atoms in total. The number of hydrogen-bond donors (Lipinski definition) is 1. The molecule has 0 aliphatic carbocycles. The van der Waals surface area contributed by atoms with Gasteiger partial charge in [0.1, 0.15) is 0 Å². The van der Waals surface area contributed by atoms with Crippen LogP contribution < -0.4 is 5.32 Å². The largest absolute Gasteiger partial charge is 0.388 e. The molecule has 1 rings (SSSR count). The number of rotatable bonds is 2. The monoisotopic (exact) mass is 163 g/mol. The first-order valence-electron chi connectivity index (χ1n) is 3.86. The highest BCUT2D eigenvalue weighted by atomic mass is 15.1. The van der Waals surface area contributed by atoms with Crippen LogP contribution in [-0.2, 0) is 0 Å². The average molecular weight is 163 g/mol. The highest BCUT2D eigenvalue weighted by Crippen LogP contribution is 2.21. The van der Waals surface area contributed by atoms with Crippen molar-refractivity contribution < 1.29 is 0 Å². The van der Waals surface area contributed by atoms with E-state index in [0.717, 1.165) is 16.9 Å². The second kappa shape index (κ2) is 3.85. The van der Waals surface area contributed by atoms with E-state index in [1.807, 2.05) is 32.2 Å². The molecule has 0 amide bonds. The van der Waals surface area contributed by atoms with Crippen LogP contribution in [0.3, 0.4) is 0 Å². The SMILES string of the molecule is CN=Nc1ccc(NC)cc1C. The molecule has 0 aliphatic rings. The van der Waals surface area contributed by atoms with Gasteiger partial charge in [-0.15, -0.1) is 0 Å². The summed E-state index contributed by atoms with van der Waals surface area (Å²) in [5, 5.41) is 10.8. The third-order valence-corrected chi connectivity index (χ3v) is 1.69. The van der Waals surface area contributed by atoms with Gasteiger partial charge in [-0.05, 0) is 30.7 Å². The first kappa shape index (κ1) is 8.71. The van der Waals surface area contributed by atoms with Crippen molar-refractivity contribution in [3.05, 3.63) is 23.8 Å². The van der Waals surface area contributed by atoms with Crippen LogP contribution in [0.25, 0.3) is 0 Å². The van der Waals surface area contributed by atoms with Crippen molar-refractivity contribution >= 4 is 11.4 Å². The van der Waals surface area contributed by atoms with E-state index >= 15 is 0 Å². The Labute approximate surface area is 72.5 Å². The van der Waals surface area contributed by atoms with Crippen molar-refractivity contribution in [1.82, 2.24) is 0 Å². The van der Waals surface area contributed by atoms with Crippen molar-refractivity contribution in [2.75, 3.05) is 19.4 Å². The quantitative estimate of drug-likeness (QED) is 0.669. The van der Waals surface area contributed by atoms with Crippen LogP contribution in [0.4, 0.5) is 11.4 Å². The number of aryl methyl sites for hydroxylation is 1. The Bertz CT molecular complexity index is 292. The molecule has 0 aliphatic heterocycles. The van der Waals surface area contributed by atoms with E-state index in [9.17, 15) is 0 Å². The first-order valence-corrected chi connectivity index (χ1v) is 3.86. The maximum atomic E-state index is 3.98. The molecule has 0 saturated heterocycles.